The van der Waals surface area contributed by atoms with Crippen LogP contribution in [0, 0.1) is 22.7 Å². The Morgan fingerprint density at radius 2 is 1.86 bits per heavy atom. The Morgan fingerprint density at radius 3 is 2.21 bits per heavy atom. The van der Waals surface area contributed by atoms with E-state index in [4.69, 9.17) is 10.5 Å². The molecule has 0 fully saturated rings. The van der Waals surface area contributed by atoms with Crippen molar-refractivity contribution in [2.75, 3.05) is 0 Å². The molecule has 0 saturated heterocycles. The first kappa shape index (κ1) is 12.6. The second kappa shape index (κ2) is 4.19. The van der Waals surface area contributed by atoms with Gasteiger partial charge in [-0.25, -0.2) is 9.55 Å². The van der Waals surface area contributed by atoms with Crippen molar-refractivity contribution in [3.05, 3.63) is 17.7 Å². The predicted molar refractivity (Wildman–Crippen MR) is 40.1 cm³/mol. The predicted octanol–water partition coefficient (Wildman–Crippen LogP) is 0.454. The monoisotopic (exact) mass is 194 g/mol. The van der Waals surface area contributed by atoms with Gasteiger partial charge in [-0.3, -0.25) is 0 Å². The number of nitrogens with zero attached hydrogens (tertiary/aromatic N) is 4. The van der Waals surface area contributed by atoms with Gasteiger partial charge in [0.05, 0.1) is 0 Å². The SMILES string of the molecule is N#Cc1ncn(C(F)(F)F)c1C#N.[LiH]. The summed E-state index contributed by atoms with van der Waals surface area (Å²) in [6.45, 7) is 0. The van der Waals surface area contributed by atoms with Crippen molar-refractivity contribution >= 4 is 18.9 Å². The van der Waals surface area contributed by atoms with E-state index in [0.717, 1.165) is 0 Å². The molecule has 0 bridgehead atoms. The van der Waals surface area contributed by atoms with E-state index in [0.29, 0.717) is 6.33 Å². The van der Waals surface area contributed by atoms with Gasteiger partial charge in [0.1, 0.15) is 18.5 Å². The molecule has 14 heavy (non-hydrogen) atoms. The Bertz CT molecular complexity index is 408. The molecule has 1 rings (SSSR count). The second-order valence-corrected chi connectivity index (χ2v) is 2.00. The van der Waals surface area contributed by atoms with Crippen molar-refractivity contribution in [2.45, 2.75) is 6.30 Å². The zero-order chi connectivity index (χ0) is 10.1. The van der Waals surface area contributed by atoms with Gasteiger partial charge in [0, 0.05) is 0 Å². The van der Waals surface area contributed by atoms with Crippen molar-refractivity contribution in [3.8, 4) is 12.1 Å². The fourth-order valence-corrected chi connectivity index (χ4v) is 0.729. The molecule has 0 radical (unpaired) electrons. The van der Waals surface area contributed by atoms with E-state index >= 15 is 0 Å². The van der Waals surface area contributed by atoms with Crippen LogP contribution in [0.3, 0.4) is 0 Å². The van der Waals surface area contributed by atoms with Gasteiger partial charge in [0.25, 0.3) is 0 Å². The van der Waals surface area contributed by atoms with Gasteiger partial charge in [-0.15, -0.1) is 13.2 Å². The van der Waals surface area contributed by atoms with Crippen LogP contribution < -0.4 is 0 Å². The summed E-state index contributed by atoms with van der Waals surface area (Å²) in [5, 5.41) is 16.6. The number of hydrogen-bond acceptors (Lipinski definition) is 3. The van der Waals surface area contributed by atoms with E-state index in [1.54, 1.807) is 0 Å². The minimum atomic E-state index is -4.72. The Hall–Kier alpha value is -1.42. The maximum absolute atomic E-state index is 12.0. The third kappa shape index (κ3) is 2.08. The van der Waals surface area contributed by atoms with Crippen LogP contribution in [0.5, 0.6) is 0 Å². The fraction of sp³-hybridized carbons (Fsp3) is 0.167. The molecule has 0 saturated carbocycles. The molecule has 0 aromatic carbocycles. The van der Waals surface area contributed by atoms with Crippen LogP contribution in [0.25, 0.3) is 0 Å². The number of alkyl halides is 3. The fourth-order valence-electron chi connectivity index (χ4n) is 0.729. The van der Waals surface area contributed by atoms with Gasteiger partial charge in [-0.05, 0) is 0 Å². The molecule has 0 unspecified atom stereocenters. The third-order valence-corrected chi connectivity index (χ3v) is 1.25. The quantitative estimate of drug-likeness (QED) is 0.563. The molecule has 68 valence electrons. The van der Waals surface area contributed by atoms with E-state index in [1.807, 2.05) is 0 Å². The molecule has 0 aliphatic heterocycles. The van der Waals surface area contributed by atoms with Crippen molar-refractivity contribution < 1.29 is 13.2 Å². The number of aromatic nitrogens is 2. The summed E-state index contributed by atoms with van der Waals surface area (Å²) in [4.78, 5) is 3.13. The van der Waals surface area contributed by atoms with Crippen molar-refractivity contribution in [2.24, 2.45) is 0 Å². The van der Waals surface area contributed by atoms with Crippen LogP contribution in [0.2, 0.25) is 0 Å². The number of imidazole rings is 1. The normalized spacial score (nSPS) is 9.79. The van der Waals surface area contributed by atoms with Crippen LogP contribution in [0.4, 0.5) is 13.2 Å². The molecular weight excluding hydrogens is 192 g/mol. The van der Waals surface area contributed by atoms with Gasteiger partial charge >= 0.3 is 25.2 Å². The van der Waals surface area contributed by atoms with Crippen LogP contribution >= 0.6 is 0 Å². The minimum absolute atomic E-state index is 0. The summed E-state index contributed by atoms with van der Waals surface area (Å²) in [5.41, 5.74) is -1.32. The molecule has 0 amide bonds. The Morgan fingerprint density at radius 1 is 1.29 bits per heavy atom. The average Bonchev–Trinajstić information content (AvgIpc) is 2.45. The second-order valence-electron chi connectivity index (χ2n) is 2.00. The summed E-state index contributed by atoms with van der Waals surface area (Å²) >= 11 is 0. The summed E-state index contributed by atoms with van der Waals surface area (Å²) in [5.74, 6) is 0. The summed E-state index contributed by atoms with van der Waals surface area (Å²) in [6, 6.07) is 2.64. The molecule has 0 aliphatic rings. The maximum atomic E-state index is 12.0. The van der Waals surface area contributed by atoms with Gasteiger partial charge in [0.2, 0.25) is 0 Å². The molecule has 8 heteroatoms. The van der Waals surface area contributed by atoms with Gasteiger partial charge in [-0.1, -0.05) is 0 Å². The average molecular weight is 194 g/mol. The standard InChI is InChI=1S/C6HF3N4.Li.H/c7-6(8,9)13-3-12-4(1-10)5(13)2-11;;/h3H;;. The molecule has 0 atom stereocenters. The molecule has 1 heterocycles. The van der Waals surface area contributed by atoms with Gasteiger partial charge in [0.15, 0.2) is 11.4 Å². The Balaban J connectivity index is 0.00000169. The summed E-state index contributed by atoms with van der Waals surface area (Å²) < 4.78 is 35.8. The van der Waals surface area contributed by atoms with Gasteiger partial charge < -0.3 is 0 Å². The van der Waals surface area contributed by atoms with E-state index < -0.39 is 17.7 Å². The van der Waals surface area contributed by atoms with E-state index in [2.05, 4.69) is 4.98 Å². The number of nitriles is 2. The molecule has 0 spiro atoms. The summed E-state index contributed by atoms with van der Waals surface area (Å²) in [6.07, 6.45) is -4.32. The molecule has 0 aliphatic carbocycles. The first-order chi connectivity index (χ1) is 6.00. The van der Waals surface area contributed by atoms with Crippen LogP contribution in [-0.2, 0) is 6.30 Å². The van der Waals surface area contributed by atoms with E-state index in [9.17, 15) is 13.2 Å². The van der Waals surface area contributed by atoms with Crippen LogP contribution in [-0.4, -0.2) is 28.4 Å². The molecule has 0 N–H and O–H groups in total. The topological polar surface area (TPSA) is 65.4 Å². The Kier molecular flexibility index (Phi) is 3.77. The molecule has 1 aromatic heterocycles. The van der Waals surface area contributed by atoms with Gasteiger partial charge in [-0.2, -0.15) is 10.5 Å². The zero-order valence-corrected chi connectivity index (χ0v) is 6.00. The zero-order valence-electron chi connectivity index (χ0n) is 6.00. The number of hydrogen-bond donors (Lipinski definition) is 0. The molecular formula is C6H2F3LiN4. The van der Waals surface area contributed by atoms with E-state index in [1.165, 1.54) is 12.1 Å². The Labute approximate surface area is 88.7 Å². The van der Waals surface area contributed by atoms with Crippen molar-refractivity contribution in [1.82, 2.24) is 9.55 Å². The molecule has 4 nitrogen and oxygen atoms in total. The third-order valence-electron chi connectivity index (χ3n) is 1.25. The first-order valence-electron chi connectivity index (χ1n) is 2.95. The molecule has 1 aromatic rings. The van der Waals surface area contributed by atoms with Crippen LogP contribution in [0.1, 0.15) is 11.4 Å². The van der Waals surface area contributed by atoms with Crippen molar-refractivity contribution in [3.63, 3.8) is 0 Å². The van der Waals surface area contributed by atoms with E-state index in [-0.39, 0.29) is 23.4 Å². The van der Waals surface area contributed by atoms with Crippen LogP contribution in [0.15, 0.2) is 6.33 Å². The first-order valence-corrected chi connectivity index (χ1v) is 2.95. The number of rotatable bonds is 0. The summed E-state index contributed by atoms with van der Waals surface area (Å²) in [7, 11) is 0. The van der Waals surface area contributed by atoms with Crippen molar-refractivity contribution in [1.29, 1.82) is 10.5 Å². The number of halogens is 3.